The Morgan fingerprint density at radius 2 is 2.46 bits per heavy atom. The average Bonchev–Trinajstić information content (AvgIpc) is 2.64. The molecule has 1 unspecified atom stereocenters. The standard InChI is InChI=1S/C9H18N2O2/c10-5-6-11-9(12)4-3-8-2-1-7-13-8/h8H,1-7,10H2,(H,11,12). The zero-order valence-electron chi connectivity index (χ0n) is 7.92. The van der Waals surface area contributed by atoms with Gasteiger partial charge in [-0.1, -0.05) is 0 Å². The second-order valence-electron chi connectivity index (χ2n) is 3.31. The summed E-state index contributed by atoms with van der Waals surface area (Å²) >= 11 is 0. The summed E-state index contributed by atoms with van der Waals surface area (Å²) in [5, 5.41) is 2.74. The summed E-state index contributed by atoms with van der Waals surface area (Å²) in [4.78, 5) is 11.1. The number of carbonyl (C=O) groups excluding carboxylic acids is 1. The van der Waals surface area contributed by atoms with Gasteiger partial charge in [-0.15, -0.1) is 0 Å². The summed E-state index contributed by atoms with van der Waals surface area (Å²) in [6, 6.07) is 0. The summed E-state index contributed by atoms with van der Waals surface area (Å²) < 4.78 is 5.40. The van der Waals surface area contributed by atoms with Crippen LogP contribution in [0.15, 0.2) is 0 Å². The van der Waals surface area contributed by atoms with E-state index in [4.69, 9.17) is 10.5 Å². The summed E-state index contributed by atoms with van der Waals surface area (Å²) in [6.45, 7) is 1.94. The monoisotopic (exact) mass is 186 g/mol. The van der Waals surface area contributed by atoms with Crippen molar-refractivity contribution in [3.05, 3.63) is 0 Å². The molecular formula is C9H18N2O2. The van der Waals surface area contributed by atoms with E-state index in [1.807, 2.05) is 0 Å². The number of rotatable bonds is 5. The van der Waals surface area contributed by atoms with Crippen LogP contribution in [0.1, 0.15) is 25.7 Å². The zero-order valence-corrected chi connectivity index (χ0v) is 7.92. The quantitative estimate of drug-likeness (QED) is 0.636. The molecular weight excluding hydrogens is 168 g/mol. The van der Waals surface area contributed by atoms with Crippen molar-refractivity contribution in [2.24, 2.45) is 5.73 Å². The van der Waals surface area contributed by atoms with Crippen molar-refractivity contribution < 1.29 is 9.53 Å². The topological polar surface area (TPSA) is 64.3 Å². The maximum Gasteiger partial charge on any atom is 0.220 e. The Morgan fingerprint density at radius 1 is 1.62 bits per heavy atom. The van der Waals surface area contributed by atoms with Crippen molar-refractivity contribution in [2.75, 3.05) is 19.7 Å². The van der Waals surface area contributed by atoms with E-state index in [-0.39, 0.29) is 5.91 Å². The molecule has 1 amide bonds. The Kier molecular flexibility index (Phi) is 4.78. The third kappa shape index (κ3) is 4.24. The molecule has 76 valence electrons. The van der Waals surface area contributed by atoms with E-state index < -0.39 is 0 Å². The molecule has 1 saturated heterocycles. The predicted molar refractivity (Wildman–Crippen MR) is 50.3 cm³/mol. The lowest BCUT2D eigenvalue weighted by Gasteiger charge is -2.08. The van der Waals surface area contributed by atoms with Gasteiger partial charge in [-0.3, -0.25) is 4.79 Å². The lowest BCUT2D eigenvalue weighted by molar-refractivity contribution is -0.121. The second-order valence-corrected chi connectivity index (χ2v) is 3.31. The van der Waals surface area contributed by atoms with Crippen LogP contribution >= 0.6 is 0 Å². The molecule has 0 spiro atoms. The molecule has 1 atom stereocenters. The van der Waals surface area contributed by atoms with Gasteiger partial charge in [0.05, 0.1) is 6.10 Å². The van der Waals surface area contributed by atoms with Crippen LogP contribution in [0.4, 0.5) is 0 Å². The molecule has 1 fully saturated rings. The number of carbonyl (C=O) groups is 1. The highest BCUT2D eigenvalue weighted by molar-refractivity contribution is 5.75. The van der Waals surface area contributed by atoms with Crippen molar-refractivity contribution >= 4 is 5.91 Å². The normalized spacial score (nSPS) is 21.8. The molecule has 13 heavy (non-hydrogen) atoms. The first-order valence-electron chi connectivity index (χ1n) is 4.91. The van der Waals surface area contributed by atoms with Gasteiger partial charge < -0.3 is 15.8 Å². The zero-order chi connectivity index (χ0) is 9.52. The maximum absolute atomic E-state index is 11.1. The van der Waals surface area contributed by atoms with Crippen molar-refractivity contribution in [3.63, 3.8) is 0 Å². The molecule has 1 rings (SSSR count). The largest absolute Gasteiger partial charge is 0.378 e. The first-order valence-corrected chi connectivity index (χ1v) is 4.91. The highest BCUT2D eigenvalue weighted by Gasteiger charge is 2.16. The van der Waals surface area contributed by atoms with E-state index >= 15 is 0 Å². The van der Waals surface area contributed by atoms with Gasteiger partial charge in [0.2, 0.25) is 5.91 Å². The van der Waals surface area contributed by atoms with Gasteiger partial charge in [-0.2, -0.15) is 0 Å². The van der Waals surface area contributed by atoms with Crippen LogP contribution < -0.4 is 11.1 Å². The van der Waals surface area contributed by atoms with Crippen LogP contribution in [0, 0.1) is 0 Å². The molecule has 1 aliphatic heterocycles. The van der Waals surface area contributed by atoms with Crippen LogP contribution in [0.3, 0.4) is 0 Å². The van der Waals surface area contributed by atoms with Gasteiger partial charge in [-0.05, 0) is 19.3 Å². The molecule has 0 aliphatic carbocycles. The fraction of sp³-hybridized carbons (Fsp3) is 0.889. The van der Waals surface area contributed by atoms with Crippen molar-refractivity contribution in [3.8, 4) is 0 Å². The summed E-state index contributed by atoms with van der Waals surface area (Å²) in [6.07, 6.45) is 3.95. The Balaban J connectivity index is 2.00. The molecule has 0 aromatic carbocycles. The number of hydrogen-bond donors (Lipinski definition) is 2. The Bertz CT molecular complexity index is 156. The number of nitrogens with one attached hydrogen (secondary N) is 1. The highest BCUT2D eigenvalue weighted by Crippen LogP contribution is 2.16. The lowest BCUT2D eigenvalue weighted by Crippen LogP contribution is -2.29. The van der Waals surface area contributed by atoms with Crippen LogP contribution in [0.2, 0.25) is 0 Å². The Morgan fingerprint density at radius 3 is 3.08 bits per heavy atom. The third-order valence-electron chi connectivity index (χ3n) is 2.18. The fourth-order valence-corrected chi connectivity index (χ4v) is 1.46. The maximum atomic E-state index is 11.1. The minimum atomic E-state index is 0.0842. The summed E-state index contributed by atoms with van der Waals surface area (Å²) in [7, 11) is 0. The number of nitrogens with two attached hydrogens (primary N) is 1. The van der Waals surface area contributed by atoms with Crippen LogP contribution in [0.5, 0.6) is 0 Å². The molecule has 0 radical (unpaired) electrons. The number of hydrogen-bond acceptors (Lipinski definition) is 3. The molecule has 1 heterocycles. The van der Waals surface area contributed by atoms with Gasteiger partial charge in [0.1, 0.15) is 0 Å². The first-order chi connectivity index (χ1) is 6.33. The minimum Gasteiger partial charge on any atom is -0.378 e. The predicted octanol–water partition coefficient (Wildman–Crippen LogP) is 0.0205. The Labute approximate surface area is 78.8 Å². The van der Waals surface area contributed by atoms with Gasteiger partial charge in [-0.25, -0.2) is 0 Å². The van der Waals surface area contributed by atoms with Crippen molar-refractivity contribution in [1.82, 2.24) is 5.32 Å². The smallest absolute Gasteiger partial charge is 0.220 e. The van der Waals surface area contributed by atoms with Gasteiger partial charge in [0.15, 0.2) is 0 Å². The fourth-order valence-electron chi connectivity index (χ4n) is 1.46. The SMILES string of the molecule is NCCNC(=O)CCC1CCCO1. The van der Waals surface area contributed by atoms with Crippen LogP contribution in [-0.2, 0) is 9.53 Å². The van der Waals surface area contributed by atoms with Gasteiger partial charge >= 0.3 is 0 Å². The molecule has 0 saturated carbocycles. The molecule has 0 aromatic heterocycles. The Hall–Kier alpha value is -0.610. The van der Waals surface area contributed by atoms with E-state index in [2.05, 4.69) is 5.32 Å². The van der Waals surface area contributed by atoms with E-state index in [0.717, 1.165) is 25.9 Å². The molecule has 0 aromatic rings. The molecule has 1 aliphatic rings. The lowest BCUT2D eigenvalue weighted by atomic mass is 10.1. The minimum absolute atomic E-state index is 0.0842. The van der Waals surface area contributed by atoms with Gasteiger partial charge in [0, 0.05) is 26.1 Å². The third-order valence-corrected chi connectivity index (χ3v) is 2.18. The van der Waals surface area contributed by atoms with Crippen molar-refractivity contribution in [2.45, 2.75) is 31.8 Å². The summed E-state index contributed by atoms with van der Waals surface area (Å²) in [5.41, 5.74) is 5.26. The van der Waals surface area contributed by atoms with Crippen LogP contribution in [-0.4, -0.2) is 31.7 Å². The van der Waals surface area contributed by atoms with Gasteiger partial charge in [0.25, 0.3) is 0 Å². The second kappa shape index (κ2) is 5.94. The summed E-state index contributed by atoms with van der Waals surface area (Å²) in [5.74, 6) is 0.0842. The molecule has 0 bridgehead atoms. The first kappa shape index (κ1) is 10.5. The molecule has 3 N–H and O–H groups in total. The average molecular weight is 186 g/mol. The number of amides is 1. The molecule has 4 heteroatoms. The van der Waals surface area contributed by atoms with E-state index in [1.165, 1.54) is 0 Å². The van der Waals surface area contributed by atoms with E-state index in [0.29, 0.717) is 25.6 Å². The van der Waals surface area contributed by atoms with Crippen LogP contribution in [0.25, 0.3) is 0 Å². The van der Waals surface area contributed by atoms with E-state index in [9.17, 15) is 4.79 Å². The number of ether oxygens (including phenoxy) is 1. The van der Waals surface area contributed by atoms with E-state index in [1.54, 1.807) is 0 Å². The molecule has 4 nitrogen and oxygen atoms in total. The highest BCUT2D eigenvalue weighted by atomic mass is 16.5. The van der Waals surface area contributed by atoms with Crippen molar-refractivity contribution in [1.29, 1.82) is 0 Å².